The first-order chi connectivity index (χ1) is 16.1. The largest absolute Gasteiger partial charge is 0.350 e. The maximum atomic E-state index is 13.5. The van der Waals surface area contributed by atoms with E-state index in [9.17, 15) is 28.1 Å². The molecule has 0 aromatic heterocycles. The molecule has 0 aliphatic heterocycles. The predicted molar refractivity (Wildman–Crippen MR) is 134 cm³/mol. The maximum absolute atomic E-state index is 13.5. The second-order valence-electron chi connectivity index (χ2n) is 9.47. The van der Waals surface area contributed by atoms with Crippen LogP contribution in [-0.2, 0) is 26.2 Å². The van der Waals surface area contributed by atoms with Crippen molar-refractivity contribution in [1.29, 1.82) is 0 Å². The zero-order chi connectivity index (χ0) is 26.6. The molecule has 0 saturated carbocycles. The molecule has 0 radical (unpaired) electrons. The van der Waals surface area contributed by atoms with Gasteiger partial charge in [0.25, 0.3) is 5.69 Å². The summed E-state index contributed by atoms with van der Waals surface area (Å²) in [6, 6.07) is 11.6. The third-order valence-corrected chi connectivity index (χ3v) is 6.29. The van der Waals surface area contributed by atoms with Gasteiger partial charge in [-0.3, -0.25) is 24.0 Å². The lowest BCUT2D eigenvalue weighted by molar-refractivity contribution is -0.384. The molecule has 0 unspecified atom stereocenters. The van der Waals surface area contributed by atoms with Crippen molar-refractivity contribution in [3.63, 3.8) is 0 Å². The number of nitrogens with zero attached hydrogens (tertiary/aromatic N) is 3. The Bertz CT molecular complexity index is 1190. The number of non-ortho nitro benzene ring substituents is 1. The van der Waals surface area contributed by atoms with Gasteiger partial charge in [0.15, 0.2) is 0 Å². The summed E-state index contributed by atoms with van der Waals surface area (Å²) in [7, 11) is -3.98. The van der Waals surface area contributed by atoms with Gasteiger partial charge in [0, 0.05) is 24.2 Å². The van der Waals surface area contributed by atoms with Crippen molar-refractivity contribution >= 4 is 33.2 Å². The minimum atomic E-state index is -3.98. The molecule has 0 bridgehead atoms. The van der Waals surface area contributed by atoms with E-state index in [1.54, 1.807) is 6.92 Å². The summed E-state index contributed by atoms with van der Waals surface area (Å²) < 4.78 is 25.9. The molecule has 2 rings (SSSR count). The number of hydrogen-bond donors (Lipinski definition) is 1. The third kappa shape index (κ3) is 8.06. The highest BCUT2D eigenvalue weighted by molar-refractivity contribution is 7.92. The van der Waals surface area contributed by atoms with E-state index in [2.05, 4.69) is 5.32 Å². The van der Waals surface area contributed by atoms with Crippen molar-refractivity contribution in [3.05, 3.63) is 69.8 Å². The van der Waals surface area contributed by atoms with Crippen molar-refractivity contribution in [2.75, 3.05) is 17.1 Å². The van der Waals surface area contributed by atoms with E-state index in [1.165, 1.54) is 23.1 Å². The van der Waals surface area contributed by atoms with Gasteiger partial charge < -0.3 is 10.2 Å². The summed E-state index contributed by atoms with van der Waals surface area (Å²) in [6.07, 6.45) is 0.916. The van der Waals surface area contributed by atoms with Gasteiger partial charge in [0.1, 0.15) is 12.6 Å². The molecular weight excluding hydrogens is 472 g/mol. The number of nitrogens with one attached hydrogen (secondary N) is 1. The van der Waals surface area contributed by atoms with Crippen LogP contribution in [0.1, 0.15) is 38.8 Å². The van der Waals surface area contributed by atoms with Crippen molar-refractivity contribution in [1.82, 2.24) is 10.2 Å². The van der Waals surface area contributed by atoms with Crippen LogP contribution in [-0.4, -0.2) is 54.4 Å². The molecule has 2 aromatic carbocycles. The summed E-state index contributed by atoms with van der Waals surface area (Å²) in [5, 5.41) is 14.0. The number of rotatable bonds is 9. The fourth-order valence-electron chi connectivity index (χ4n) is 3.32. The average Bonchev–Trinajstić information content (AvgIpc) is 2.74. The first-order valence-corrected chi connectivity index (χ1v) is 12.8. The summed E-state index contributed by atoms with van der Waals surface area (Å²) >= 11 is 0. The lowest BCUT2D eigenvalue weighted by Crippen LogP contribution is -2.54. The molecule has 2 amide bonds. The zero-order valence-corrected chi connectivity index (χ0v) is 21.6. The van der Waals surface area contributed by atoms with Gasteiger partial charge >= 0.3 is 0 Å². The molecule has 0 aliphatic rings. The van der Waals surface area contributed by atoms with Crippen LogP contribution in [0.15, 0.2) is 48.5 Å². The highest BCUT2D eigenvalue weighted by atomic mass is 32.2. The second-order valence-corrected chi connectivity index (χ2v) is 11.4. The van der Waals surface area contributed by atoms with Gasteiger partial charge in [-0.2, -0.15) is 0 Å². The number of aryl methyl sites for hydroxylation is 1. The number of carbonyl (C=O) groups excluding carboxylic acids is 2. The Morgan fingerprint density at radius 3 is 2.23 bits per heavy atom. The topological polar surface area (TPSA) is 130 Å². The standard InChI is InChI=1S/C24H32N4O6S/c1-17-10-12-19(13-11-17)15-26(18(2)23(30)25-24(3,4)5)22(29)16-27(35(6,33)34)20-8-7-9-21(14-20)28(31)32/h7-14,18H,15-16H2,1-6H3,(H,25,30)/t18-/m1/s1. The molecule has 0 aliphatic carbocycles. The second kappa shape index (κ2) is 10.9. The Morgan fingerprint density at radius 1 is 1.11 bits per heavy atom. The van der Waals surface area contributed by atoms with Crippen LogP contribution in [0.5, 0.6) is 0 Å². The third-order valence-electron chi connectivity index (χ3n) is 5.15. The lowest BCUT2D eigenvalue weighted by Gasteiger charge is -2.33. The van der Waals surface area contributed by atoms with Gasteiger partial charge in [-0.1, -0.05) is 35.9 Å². The van der Waals surface area contributed by atoms with Gasteiger partial charge in [-0.15, -0.1) is 0 Å². The Balaban J connectivity index is 2.43. The van der Waals surface area contributed by atoms with Crippen LogP contribution in [0.25, 0.3) is 0 Å². The normalized spacial score (nSPS) is 12.5. The summed E-state index contributed by atoms with van der Waals surface area (Å²) in [4.78, 5) is 38.2. The number of nitro groups is 1. The van der Waals surface area contributed by atoms with Gasteiger partial charge in [0.05, 0.1) is 16.9 Å². The highest BCUT2D eigenvalue weighted by Crippen LogP contribution is 2.24. The molecule has 2 aromatic rings. The van der Waals surface area contributed by atoms with Crippen LogP contribution < -0.4 is 9.62 Å². The van der Waals surface area contributed by atoms with E-state index in [0.717, 1.165) is 27.8 Å². The van der Waals surface area contributed by atoms with Gasteiger partial charge in [0.2, 0.25) is 21.8 Å². The van der Waals surface area contributed by atoms with E-state index >= 15 is 0 Å². The van der Waals surface area contributed by atoms with E-state index in [1.807, 2.05) is 52.0 Å². The Kier molecular flexibility index (Phi) is 8.61. The number of carbonyl (C=O) groups is 2. The number of sulfonamides is 1. The maximum Gasteiger partial charge on any atom is 0.271 e. The van der Waals surface area contributed by atoms with Crippen LogP contribution in [0.2, 0.25) is 0 Å². The smallest absolute Gasteiger partial charge is 0.271 e. The molecule has 0 fully saturated rings. The highest BCUT2D eigenvalue weighted by Gasteiger charge is 2.31. The summed E-state index contributed by atoms with van der Waals surface area (Å²) in [5.41, 5.74) is 0.931. The lowest BCUT2D eigenvalue weighted by atomic mass is 10.1. The SMILES string of the molecule is Cc1ccc(CN(C(=O)CN(c2cccc([N+](=O)[O-])c2)S(C)(=O)=O)[C@H](C)C(=O)NC(C)(C)C)cc1. The van der Waals surface area contributed by atoms with Crippen molar-refractivity contribution in [3.8, 4) is 0 Å². The Hall–Kier alpha value is -3.47. The van der Waals surface area contributed by atoms with Gasteiger partial charge in [-0.25, -0.2) is 8.42 Å². The number of nitro benzene ring substituents is 1. The molecule has 0 saturated heterocycles. The van der Waals surface area contributed by atoms with Crippen LogP contribution >= 0.6 is 0 Å². The molecule has 10 nitrogen and oxygen atoms in total. The number of hydrogen-bond acceptors (Lipinski definition) is 6. The van der Waals surface area contributed by atoms with E-state index in [0.29, 0.717) is 0 Å². The van der Waals surface area contributed by atoms with Crippen molar-refractivity contribution < 1.29 is 22.9 Å². The molecule has 190 valence electrons. The number of anilines is 1. The minimum Gasteiger partial charge on any atom is -0.350 e. The van der Waals surface area contributed by atoms with Gasteiger partial charge in [-0.05, 0) is 46.2 Å². The number of benzene rings is 2. The summed E-state index contributed by atoms with van der Waals surface area (Å²) in [6.45, 7) is 8.40. The van der Waals surface area contributed by atoms with Crippen molar-refractivity contribution in [2.24, 2.45) is 0 Å². The molecule has 0 heterocycles. The van der Waals surface area contributed by atoms with E-state index < -0.39 is 39.0 Å². The monoisotopic (exact) mass is 504 g/mol. The molecule has 35 heavy (non-hydrogen) atoms. The first kappa shape index (κ1) is 27.8. The molecule has 11 heteroatoms. The molecule has 1 N–H and O–H groups in total. The van der Waals surface area contributed by atoms with Crippen LogP contribution in [0, 0.1) is 17.0 Å². The summed E-state index contributed by atoms with van der Waals surface area (Å²) in [5.74, 6) is -1.02. The first-order valence-electron chi connectivity index (χ1n) is 11.0. The zero-order valence-electron chi connectivity index (χ0n) is 20.8. The molecule has 0 spiro atoms. The van der Waals surface area contributed by atoms with Crippen LogP contribution in [0.3, 0.4) is 0 Å². The predicted octanol–water partition coefficient (Wildman–Crippen LogP) is 3.00. The van der Waals surface area contributed by atoms with E-state index in [4.69, 9.17) is 0 Å². The fraction of sp³-hybridized carbons (Fsp3) is 0.417. The fourth-order valence-corrected chi connectivity index (χ4v) is 4.16. The van der Waals surface area contributed by atoms with Crippen LogP contribution in [0.4, 0.5) is 11.4 Å². The Labute approximate surface area is 206 Å². The average molecular weight is 505 g/mol. The van der Waals surface area contributed by atoms with E-state index in [-0.39, 0.29) is 23.8 Å². The quantitative estimate of drug-likeness (QED) is 0.413. The number of amides is 2. The molecule has 1 atom stereocenters. The minimum absolute atomic E-state index is 0.0165. The Morgan fingerprint density at radius 2 is 1.71 bits per heavy atom. The van der Waals surface area contributed by atoms with Crippen molar-refractivity contribution in [2.45, 2.75) is 52.7 Å². The molecular formula is C24H32N4O6S.